The van der Waals surface area contributed by atoms with Crippen LogP contribution in [0.3, 0.4) is 0 Å². The molecule has 10 heteroatoms. The zero-order valence-electron chi connectivity index (χ0n) is 17.4. The van der Waals surface area contributed by atoms with Gasteiger partial charge in [0.25, 0.3) is 5.56 Å². The van der Waals surface area contributed by atoms with Gasteiger partial charge < -0.3 is 14.4 Å². The molecule has 0 bridgehead atoms. The van der Waals surface area contributed by atoms with Crippen molar-refractivity contribution in [3.05, 3.63) is 45.5 Å². The van der Waals surface area contributed by atoms with E-state index in [9.17, 15) is 4.79 Å². The molecule has 3 aromatic rings. The molecular formula is C20H24N6O3S. The summed E-state index contributed by atoms with van der Waals surface area (Å²) in [6.07, 6.45) is 2.76. The lowest BCUT2D eigenvalue weighted by molar-refractivity contribution is 0.276. The second kappa shape index (κ2) is 8.39. The van der Waals surface area contributed by atoms with E-state index in [0.717, 1.165) is 22.9 Å². The van der Waals surface area contributed by atoms with Crippen LogP contribution in [0.25, 0.3) is 0 Å². The van der Waals surface area contributed by atoms with Crippen LogP contribution >= 0.6 is 11.3 Å². The molecule has 3 aromatic heterocycles. The summed E-state index contributed by atoms with van der Waals surface area (Å²) in [6, 6.07) is 5.60. The molecule has 1 saturated carbocycles. The fraction of sp³-hybridized carbons (Fsp3) is 0.450. The van der Waals surface area contributed by atoms with E-state index < -0.39 is 0 Å². The number of anilines is 2. The van der Waals surface area contributed by atoms with E-state index in [1.54, 1.807) is 31.3 Å². The molecular weight excluding hydrogens is 404 g/mol. The molecule has 0 spiro atoms. The van der Waals surface area contributed by atoms with E-state index in [0.29, 0.717) is 41.7 Å². The lowest BCUT2D eigenvalue weighted by atomic mass is 10.2. The van der Waals surface area contributed by atoms with Gasteiger partial charge in [-0.25, -0.2) is 4.68 Å². The quantitative estimate of drug-likeness (QED) is 0.540. The highest BCUT2D eigenvalue weighted by molar-refractivity contribution is 7.15. The average Bonchev–Trinajstić information content (AvgIpc) is 3.42. The minimum atomic E-state index is -0.188. The van der Waals surface area contributed by atoms with Gasteiger partial charge in [-0.05, 0) is 32.4 Å². The predicted octanol–water partition coefficient (Wildman–Crippen LogP) is 2.78. The van der Waals surface area contributed by atoms with E-state index in [-0.39, 0.29) is 5.56 Å². The van der Waals surface area contributed by atoms with Crippen LogP contribution in [0.2, 0.25) is 0 Å². The second-order valence-electron chi connectivity index (χ2n) is 7.19. The van der Waals surface area contributed by atoms with E-state index >= 15 is 0 Å². The minimum absolute atomic E-state index is 0.188. The molecule has 4 rings (SSSR count). The average molecular weight is 429 g/mol. The summed E-state index contributed by atoms with van der Waals surface area (Å²) < 4.78 is 12.5. The first-order chi connectivity index (χ1) is 14.5. The summed E-state index contributed by atoms with van der Waals surface area (Å²) in [5.41, 5.74) is 1.32. The molecule has 158 valence electrons. The highest BCUT2D eigenvalue weighted by Crippen LogP contribution is 2.46. The smallest absolute Gasteiger partial charge is 0.290 e. The van der Waals surface area contributed by atoms with Crippen LogP contribution in [0.1, 0.15) is 30.0 Å². The van der Waals surface area contributed by atoms with Crippen molar-refractivity contribution >= 4 is 22.2 Å². The van der Waals surface area contributed by atoms with Gasteiger partial charge in [-0.1, -0.05) is 11.3 Å². The monoisotopic (exact) mass is 428 g/mol. The van der Waals surface area contributed by atoms with Crippen molar-refractivity contribution in [1.29, 1.82) is 0 Å². The third-order valence-electron chi connectivity index (χ3n) is 5.14. The van der Waals surface area contributed by atoms with Crippen molar-refractivity contribution in [3.8, 4) is 11.6 Å². The molecule has 3 heterocycles. The SMILES string of the molecule is CCn1nc(OC[C@H]2C[C@@H]2c2ccc(OC)cn2)cc(N(C)c2nnc(C)s2)c1=O. The molecule has 0 radical (unpaired) electrons. The lowest BCUT2D eigenvalue weighted by Gasteiger charge is -2.17. The lowest BCUT2D eigenvalue weighted by Crippen LogP contribution is -2.28. The number of ether oxygens (including phenoxy) is 2. The van der Waals surface area contributed by atoms with Crippen molar-refractivity contribution in [2.75, 3.05) is 25.7 Å². The molecule has 30 heavy (non-hydrogen) atoms. The standard InChI is InChI=1S/C20H24N6O3S/c1-5-26-19(27)17(25(3)20-23-22-12(2)30-20)9-18(24-26)29-11-13-8-15(13)16-7-6-14(28-4)10-21-16/h6-7,9-10,13,15H,5,8,11H2,1-4H3/t13-,15+/m1/s1. The van der Waals surface area contributed by atoms with Gasteiger partial charge in [-0.2, -0.15) is 0 Å². The van der Waals surface area contributed by atoms with Crippen LogP contribution in [-0.4, -0.2) is 45.7 Å². The summed E-state index contributed by atoms with van der Waals surface area (Å²) >= 11 is 1.43. The number of nitrogens with zero attached hydrogens (tertiary/aromatic N) is 6. The summed E-state index contributed by atoms with van der Waals surface area (Å²) in [5.74, 6) is 1.93. The van der Waals surface area contributed by atoms with Crippen molar-refractivity contribution in [2.45, 2.75) is 32.7 Å². The number of methoxy groups -OCH3 is 1. The number of rotatable bonds is 8. The van der Waals surface area contributed by atoms with E-state index in [1.165, 1.54) is 16.0 Å². The van der Waals surface area contributed by atoms with Gasteiger partial charge in [0, 0.05) is 37.2 Å². The van der Waals surface area contributed by atoms with Gasteiger partial charge in [-0.3, -0.25) is 9.78 Å². The molecule has 0 saturated heterocycles. The van der Waals surface area contributed by atoms with Gasteiger partial charge in [0.2, 0.25) is 11.0 Å². The Morgan fingerprint density at radius 1 is 1.33 bits per heavy atom. The Hall–Kier alpha value is -3.01. The Balaban J connectivity index is 1.47. The van der Waals surface area contributed by atoms with Crippen LogP contribution in [-0.2, 0) is 6.54 Å². The van der Waals surface area contributed by atoms with E-state index in [1.807, 2.05) is 26.0 Å². The maximum Gasteiger partial charge on any atom is 0.290 e. The molecule has 0 unspecified atom stereocenters. The molecule has 0 amide bonds. The number of aryl methyl sites for hydroxylation is 2. The first-order valence-electron chi connectivity index (χ1n) is 9.79. The van der Waals surface area contributed by atoms with Crippen molar-refractivity contribution in [3.63, 3.8) is 0 Å². The Morgan fingerprint density at radius 3 is 2.80 bits per heavy atom. The molecule has 1 aliphatic carbocycles. The van der Waals surface area contributed by atoms with Gasteiger partial charge in [0.15, 0.2) is 0 Å². The first-order valence-corrected chi connectivity index (χ1v) is 10.6. The summed E-state index contributed by atoms with van der Waals surface area (Å²) in [6.45, 7) is 4.73. The van der Waals surface area contributed by atoms with Crippen LogP contribution in [0, 0.1) is 12.8 Å². The summed E-state index contributed by atoms with van der Waals surface area (Å²) in [4.78, 5) is 19.0. The number of aromatic nitrogens is 5. The fourth-order valence-corrected chi connectivity index (χ4v) is 3.94. The molecule has 9 nitrogen and oxygen atoms in total. The highest BCUT2D eigenvalue weighted by atomic mass is 32.1. The Morgan fingerprint density at radius 2 is 2.17 bits per heavy atom. The third-order valence-corrected chi connectivity index (χ3v) is 6.05. The zero-order chi connectivity index (χ0) is 21.3. The van der Waals surface area contributed by atoms with Crippen LogP contribution in [0.4, 0.5) is 10.8 Å². The van der Waals surface area contributed by atoms with Crippen LogP contribution < -0.4 is 19.9 Å². The van der Waals surface area contributed by atoms with Gasteiger partial charge in [0.05, 0.1) is 19.9 Å². The largest absolute Gasteiger partial charge is 0.495 e. The number of hydrogen-bond acceptors (Lipinski definition) is 9. The predicted molar refractivity (Wildman–Crippen MR) is 114 cm³/mol. The molecule has 0 aromatic carbocycles. The maximum absolute atomic E-state index is 12.8. The molecule has 2 atom stereocenters. The Kier molecular flexibility index (Phi) is 5.67. The Bertz CT molecular complexity index is 1080. The summed E-state index contributed by atoms with van der Waals surface area (Å²) in [5, 5.41) is 14.0. The molecule has 1 fully saturated rings. The van der Waals surface area contributed by atoms with E-state index in [4.69, 9.17) is 9.47 Å². The Labute approximate surface area is 178 Å². The maximum atomic E-state index is 12.8. The number of hydrogen-bond donors (Lipinski definition) is 0. The van der Waals surface area contributed by atoms with E-state index in [2.05, 4.69) is 20.3 Å². The fourth-order valence-electron chi connectivity index (χ4n) is 3.27. The van der Waals surface area contributed by atoms with Gasteiger partial charge in [0.1, 0.15) is 16.4 Å². The molecule has 0 N–H and O–H groups in total. The first kappa shape index (κ1) is 20.3. The van der Waals surface area contributed by atoms with Crippen molar-refractivity contribution < 1.29 is 9.47 Å². The van der Waals surface area contributed by atoms with Crippen LogP contribution in [0.15, 0.2) is 29.2 Å². The van der Waals surface area contributed by atoms with Crippen LogP contribution in [0.5, 0.6) is 11.6 Å². The van der Waals surface area contributed by atoms with Crippen molar-refractivity contribution in [2.24, 2.45) is 5.92 Å². The topological polar surface area (TPSA) is 95.3 Å². The van der Waals surface area contributed by atoms with Crippen molar-refractivity contribution in [1.82, 2.24) is 25.0 Å². The molecule has 1 aliphatic rings. The second-order valence-corrected chi connectivity index (χ2v) is 8.35. The normalized spacial score (nSPS) is 17.6. The highest BCUT2D eigenvalue weighted by Gasteiger charge is 2.40. The zero-order valence-corrected chi connectivity index (χ0v) is 18.2. The summed E-state index contributed by atoms with van der Waals surface area (Å²) in [7, 11) is 3.43. The van der Waals surface area contributed by atoms with Gasteiger partial charge in [-0.15, -0.1) is 15.3 Å². The molecule has 0 aliphatic heterocycles. The minimum Gasteiger partial charge on any atom is -0.495 e. The third kappa shape index (κ3) is 4.13. The van der Waals surface area contributed by atoms with Gasteiger partial charge >= 0.3 is 0 Å². The number of pyridine rings is 1.